The first-order valence-corrected chi connectivity index (χ1v) is 10.3. The summed E-state index contributed by atoms with van der Waals surface area (Å²) < 4.78 is 6.06. The molecule has 0 saturated carbocycles. The summed E-state index contributed by atoms with van der Waals surface area (Å²) in [6.45, 7) is 2.04. The van der Waals surface area contributed by atoms with Crippen molar-refractivity contribution < 1.29 is 14.3 Å². The number of amides is 1. The van der Waals surface area contributed by atoms with E-state index in [1.165, 1.54) is 0 Å². The lowest BCUT2D eigenvalue weighted by Crippen LogP contribution is -2.11. The fraction of sp³-hybridized carbons (Fsp3) is 0.160. The van der Waals surface area contributed by atoms with Crippen molar-refractivity contribution in [1.29, 1.82) is 0 Å². The van der Waals surface area contributed by atoms with E-state index in [1.807, 2.05) is 49.4 Å². The molecule has 0 fully saturated rings. The minimum absolute atomic E-state index is 0.115. The summed E-state index contributed by atoms with van der Waals surface area (Å²) in [6.07, 6.45) is 5.52. The van der Waals surface area contributed by atoms with E-state index in [2.05, 4.69) is 10.3 Å². The Bertz CT molecular complexity index is 1190. The Morgan fingerprint density at radius 2 is 1.84 bits per heavy atom. The monoisotopic (exact) mass is 413 g/mol. The summed E-state index contributed by atoms with van der Waals surface area (Å²) in [5.41, 5.74) is 3.73. The Morgan fingerprint density at radius 3 is 2.58 bits per heavy atom. The second-order valence-corrected chi connectivity index (χ2v) is 7.19. The van der Waals surface area contributed by atoms with Crippen molar-refractivity contribution in [3.8, 4) is 39.6 Å². The summed E-state index contributed by atoms with van der Waals surface area (Å²) in [6, 6.07) is 18.4. The molecule has 2 aromatic heterocycles. The van der Waals surface area contributed by atoms with Crippen molar-refractivity contribution in [3.63, 3.8) is 0 Å². The predicted octanol–water partition coefficient (Wildman–Crippen LogP) is 5.90. The van der Waals surface area contributed by atoms with E-state index in [1.54, 1.807) is 30.6 Å². The molecule has 0 spiro atoms. The molecule has 0 radical (unpaired) electrons. The van der Waals surface area contributed by atoms with E-state index in [-0.39, 0.29) is 11.7 Å². The van der Waals surface area contributed by atoms with Crippen molar-refractivity contribution in [2.75, 3.05) is 5.32 Å². The molecule has 4 aromatic rings. The summed E-state index contributed by atoms with van der Waals surface area (Å²) in [5, 5.41) is 12.8. The highest BCUT2D eigenvalue weighted by Gasteiger charge is 2.20. The van der Waals surface area contributed by atoms with Gasteiger partial charge in [-0.1, -0.05) is 43.7 Å². The third-order valence-corrected chi connectivity index (χ3v) is 4.89. The summed E-state index contributed by atoms with van der Waals surface area (Å²) in [7, 11) is 0. The van der Waals surface area contributed by atoms with E-state index in [0.717, 1.165) is 35.1 Å². The van der Waals surface area contributed by atoms with Crippen LogP contribution in [0, 0.1) is 0 Å². The number of aromatic hydroxyl groups is 1. The van der Waals surface area contributed by atoms with Crippen LogP contribution < -0.4 is 5.32 Å². The molecule has 0 bridgehead atoms. The lowest BCUT2D eigenvalue weighted by Gasteiger charge is -2.07. The Morgan fingerprint density at radius 1 is 1.03 bits per heavy atom. The number of carbonyl (C=O) groups excluding carboxylic acids is 1. The van der Waals surface area contributed by atoms with Gasteiger partial charge in [0.25, 0.3) is 0 Å². The van der Waals surface area contributed by atoms with E-state index in [4.69, 9.17) is 9.40 Å². The first-order valence-electron chi connectivity index (χ1n) is 10.3. The molecule has 6 nitrogen and oxygen atoms in total. The molecule has 156 valence electrons. The van der Waals surface area contributed by atoms with E-state index in [0.29, 0.717) is 23.9 Å². The zero-order chi connectivity index (χ0) is 21.6. The largest absolute Gasteiger partial charge is 0.508 e. The molecule has 2 aromatic carbocycles. The fourth-order valence-electron chi connectivity index (χ4n) is 3.34. The molecule has 2 N–H and O–H groups in total. The second kappa shape index (κ2) is 9.26. The molecule has 0 aliphatic heterocycles. The minimum Gasteiger partial charge on any atom is -0.508 e. The van der Waals surface area contributed by atoms with Gasteiger partial charge in [0.1, 0.15) is 11.4 Å². The van der Waals surface area contributed by atoms with Crippen molar-refractivity contribution >= 4 is 11.8 Å². The fourth-order valence-corrected chi connectivity index (χ4v) is 3.34. The van der Waals surface area contributed by atoms with Gasteiger partial charge in [0.2, 0.25) is 17.7 Å². The van der Waals surface area contributed by atoms with E-state index in [9.17, 15) is 9.90 Å². The number of pyridine rings is 1. The van der Waals surface area contributed by atoms with Crippen LogP contribution in [0.5, 0.6) is 5.75 Å². The highest BCUT2D eigenvalue weighted by Crippen LogP contribution is 2.37. The molecule has 0 aliphatic rings. The van der Waals surface area contributed by atoms with Crippen LogP contribution >= 0.6 is 0 Å². The number of carbonyl (C=O) groups is 1. The lowest BCUT2D eigenvalue weighted by molar-refractivity contribution is -0.116. The number of nitrogens with one attached hydrogen (secondary N) is 1. The third-order valence-electron chi connectivity index (χ3n) is 4.89. The second-order valence-electron chi connectivity index (χ2n) is 7.19. The molecule has 2 heterocycles. The van der Waals surface area contributed by atoms with Gasteiger partial charge in [0.15, 0.2) is 0 Å². The van der Waals surface area contributed by atoms with Gasteiger partial charge in [0, 0.05) is 29.9 Å². The zero-order valence-electron chi connectivity index (χ0n) is 17.2. The number of rotatable bonds is 7. The quantitative estimate of drug-likeness (QED) is 0.393. The number of phenols is 1. The number of unbranched alkanes of at least 4 members (excludes halogenated alkanes) is 1. The molecule has 6 heteroatoms. The SMILES string of the molecule is CCCCC(=O)Nc1oc(-c2ccccc2-c2cccc(O)c2)nc1-c1cccnc1. The van der Waals surface area contributed by atoms with Crippen LogP contribution in [0.15, 0.2) is 77.5 Å². The van der Waals surface area contributed by atoms with Gasteiger partial charge in [-0.3, -0.25) is 15.1 Å². The van der Waals surface area contributed by atoms with Gasteiger partial charge in [0.05, 0.1) is 0 Å². The molecule has 4 rings (SSSR count). The smallest absolute Gasteiger partial charge is 0.229 e. The highest BCUT2D eigenvalue weighted by atomic mass is 16.4. The van der Waals surface area contributed by atoms with Crippen LogP contribution in [0.4, 0.5) is 5.88 Å². The Hall–Kier alpha value is -3.93. The van der Waals surface area contributed by atoms with Gasteiger partial charge in [-0.05, 0) is 47.9 Å². The Kier molecular flexibility index (Phi) is 6.08. The first kappa shape index (κ1) is 20.3. The molecule has 0 unspecified atom stereocenters. The average Bonchev–Trinajstić information content (AvgIpc) is 3.22. The van der Waals surface area contributed by atoms with Crippen LogP contribution in [0.2, 0.25) is 0 Å². The molecule has 0 atom stereocenters. The molecule has 1 amide bonds. The van der Waals surface area contributed by atoms with Crippen molar-refractivity contribution in [1.82, 2.24) is 9.97 Å². The number of phenolic OH excluding ortho intramolecular Hbond substituents is 1. The van der Waals surface area contributed by atoms with Crippen molar-refractivity contribution in [3.05, 3.63) is 73.1 Å². The Labute approximate surface area is 180 Å². The number of nitrogens with zero attached hydrogens (tertiary/aromatic N) is 2. The lowest BCUT2D eigenvalue weighted by atomic mass is 9.99. The number of hydrogen-bond acceptors (Lipinski definition) is 5. The zero-order valence-corrected chi connectivity index (χ0v) is 17.2. The highest BCUT2D eigenvalue weighted by molar-refractivity contribution is 5.93. The number of oxazole rings is 1. The van der Waals surface area contributed by atoms with Gasteiger partial charge >= 0.3 is 0 Å². The maximum atomic E-state index is 12.4. The molecular formula is C25H23N3O3. The van der Waals surface area contributed by atoms with Crippen LogP contribution in [0.3, 0.4) is 0 Å². The average molecular weight is 413 g/mol. The molecular weight excluding hydrogens is 390 g/mol. The molecule has 0 aliphatic carbocycles. The minimum atomic E-state index is -0.115. The summed E-state index contributed by atoms with van der Waals surface area (Å²) in [4.78, 5) is 21.3. The first-order chi connectivity index (χ1) is 15.2. The summed E-state index contributed by atoms with van der Waals surface area (Å²) >= 11 is 0. The predicted molar refractivity (Wildman–Crippen MR) is 120 cm³/mol. The van der Waals surface area contributed by atoms with E-state index < -0.39 is 0 Å². The summed E-state index contributed by atoms with van der Waals surface area (Å²) in [5.74, 6) is 0.744. The topological polar surface area (TPSA) is 88.2 Å². The Balaban J connectivity index is 1.79. The maximum absolute atomic E-state index is 12.4. The van der Waals surface area contributed by atoms with Crippen LogP contribution in [-0.4, -0.2) is 21.0 Å². The maximum Gasteiger partial charge on any atom is 0.229 e. The van der Waals surface area contributed by atoms with Gasteiger partial charge < -0.3 is 9.52 Å². The van der Waals surface area contributed by atoms with Gasteiger partial charge in [-0.2, -0.15) is 0 Å². The van der Waals surface area contributed by atoms with Gasteiger partial charge in [-0.25, -0.2) is 4.98 Å². The normalized spacial score (nSPS) is 10.7. The molecule has 0 saturated heterocycles. The third kappa shape index (κ3) is 4.64. The van der Waals surface area contributed by atoms with E-state index >= 15 is 0 Å². The van der Waals surface area contributed by atoms with Crippen molar-refractivity contribution in [2.24, 2.45) is 0 Å². The standard InChI is InChI=1S/C25H23N3O3/c1-2-3-13-22(30)27-25-23(18-9-7-14-26-16-18)28-24(31-25)21-12-5-4-11-20(21)17-8-6-10-19(29)15-17/h4-12,14-16,29H,2-3,13H2,1H3,(H,27,30). The number of benzene rings is 2. The number of aromatic nitrogens is 2. The number of anilines is 1. The van der Waals surface area contributed by atoms with Crippen molar-refractivity contribution in [2.45, 2.75) is 26.2 Å². The van der Waals surface area contributed by atoms with Crippen LogP contribution in [0.25, 0.3) is 33.8 Å². The van der Waals surface area contributed by atoms with Crippen LogP contribution in [-0.2, 0) is 4.79 Å². The molecule has 31 heavy (non-hydrogen) atoms. The van der Waals surface area contributed by atoms with Crippen LogP contribution in [0.1, 0.15) is 26.2 Å². The number of hydrogen-bond donors (Lipinski definition) is 2. The van der Waals surface area contributed by atoms with Gasteiger partial charge in [-0.15, -0.1) is 0 Å².